The first-order chi connectivity index (χ1) is 36.8. The van der Waals surface area contributed by atoms with Crippen molar-refractivity contribution in [1.82, 2.24) is 5.32 Å². The van der Waals surface area contributed by atoms with Crippen molar-refractivity contribution < 1.29 is 89.4 Å². The summed E-state index contributed by atoms with van der Waals surface area (Å²) in [5.74, 6) is -0.274. The van der Waals surface area contributed by atoms with E-state index in [1.807, 2.05) is 6.08 Å². The highest BCUT2D eigenvalue weighted by Gasteiger charge is 2.53. The molecule has 0 radical (unpaired) electrons. The second-order valence-electron chi connectivity index (χ2n) is 21.8. The number of allylic oxidation sites excluding steroid dienone is 1. The highest BCUT2D eigenvalue weighted by atomic mass is 16.8. The molecule has 19 nitrogen and oxygen atoms in total. The number of nitrogens with one attached hydrogen (secondary N) is 1. The second-order valence-corrected chi connectivity index (χ2v) is 21.8. The van der Waals surface area contributed by atoms with Gasteiger partial charge in [0.2, 0.25) is 5.91 Å². The summed E-state index contributed by atoms with van der Waals surface area (Å²) in [4.78, 5) is 13.3. The number of carbonyl (C=O) groups is 1. The molecule has 1 amide bonds. The molecule has 12 N–H and O–H groups in total. The fraction of sp³-hybridized carbons (Fsp3) is 0.947. The lowest BCUT2D eigenvalue weighted by Crippen LogP contribution is -2.66. The third kappa shape index (κ3) is 25.5. The smallest absolute Gasteiger partial charge is 0.220 e. The van der Waals surface area contributed by atoms with Crippen LogP contribution in [-0.2, 0) is 33.2 Å². The first-order valence-electron chi connectivity index (χ1n) is 29.9. The topological polar surface area (TPSA) is 307 Å². The van der Waals surface area contributed by atoms with Crippen LogP contribution in [0.5, 0.6) is 0 Å². The van der Waals surface area contributed by atoms with Crippen LogP contribution in [-0.4, -0.2) is 193 Å². The molecule has 3 fully saturated rings. The fourth-order valence-corrected chi connectivity index (χ4v) is 10.4. The molecule has 0 aliphatic carbocycles. The molecule has 0 saturated carbocycles. The molecule has 3 rings (SSSR count). The summed E-state index contributed by atoms with van der Waals surface area (Å²) in [7, 11) is 0. The van der Waals surface area contributed by atoms with E-state index in [1.54, 1.807) is 6.08 Å². The Morgan fingerprint density at radius 3 is 1.24 bits per heavy atom. The van der Waals surface area contributed by atoms with E-state index in [9.17, 15) is 61.0 Å². The van der Waals surface area contributed by atoms with Crippen LogP contribution < -0.4 is 5.32 Å². The summed E-state index contributed by atoms with van der Waals surface area (Å²) in [6, 6.07) is -0.965. The van der Waals surface area contributed by atoms with Gasteiger partial charge in [-0.25, -0.2) is 0 Å². The molecule has 0 spiro atoms. The van der Waals surface area contributed by atoms with Crippen LogP contribution in [0.3, 0.4) is 0 Å². The number of carbonyl (C=O) groups excluding carboxylic acids is 1. The Balaban J connectivity index is 1.48. The highest BCUT2D eigenvalue weighted by Crippen LogP contribution is 2.33. The van der Waals surface area contributed by atoms with Crippen LogP contribution in [0.2, 0.25) is 0 Å². The number of rotatable bonds is 44. The lowest BCUT2D eigenvalue weighted by molar-refractivity contribution is -0.379. The average Bonchev–Trinajstić information content (AvgIpc) is 3.42. The Labute approximate surface area is 455 Å². The van der Waals surface area contributed by atoms with E-state index in [2.05, 4.69) is 19.2 Å². The Kier molecular flexibility index (Phi) is 37.6. The third-order valence-corrected chi connectivity index (χ3v) is 15.3. The maximum absolute atomic E-state index is 13.3. The largest absolute Gasteiger partial charge is 0.394 e. The van der Waals surface area contributed by atoms with Gasteiger partial charge in [-0.1, -0.05) is 199 Å². The number of aliphatic hydroxyl groups is 11. The molecule has 3 saturated heterocycles. The zero-order valence-electron chi connectivity index (χ0n) is 46.5. The van der Waals surface area contributed by atoms with E-state index in [4.69, 9.17) is 28.4 Å². The van der Waals surface area contributed by atoms with Gasteiger partial charge in [-0.3, -0.25) is 4.79 Å². The molecule has 0 aromatic rings. The van der Waals surface area contributed by atoms with Crippen LogP contribution in [0, 0.1) is 0 Å². The molecule has 3 aliphatic heterocycles. The summed E-state index contributed by atoms with van der Waals surface area (Å²) in [5, 5.41) is 120. The SMILES string of the molecule is CCCCCCCCCCC/C=C/C(O)C(COC1OC(CO)C(OC2OC(CO)C(OC3OC(CO)C(O)C(O)C3O)C(O)C2O)C(O)C1O)NC(=O)CCCCCCCCCCCCCCCCCCCCCC. The third-order valence-electron chi connectivity index (χ3n) is 15.3. The number of unbranched alkanes of at least 4 members (excludes halogenated alkanes) is 28. The first kappa shape index (κ1) is 68.8. The van der Waals surface area contributed by atoms with Crippen LogP contribution >= 0.6 is 0 Å². The van der Waals surface area contributed by atoms with Gasteiger partial charge in [0.25, 0.3) is 0 Å². The number of amides is 1. The highest BCUT2D eigenvalue weighted by molar-refractivity contribution is 5.76. The summed E-state index contributed by atoms with van der Waals surface area (Å²) in [6.07, 6.45) is 13.5. The lowest BCUT2D eigenvalue weighted by atomic mass is 9.96. The van der Waals surface area contributed by atoms with Crippen molar-refractivity contribution in [3.63, 3.8) is 0 Å². The van der Waals surface area contributed by atoms with Crippen LogP contribution in [0.4, 0.5) is 0 Å². The Morgan fingerprint density at radius 2 is 0.816 bits per heavy atom. The van der Waals surface area contributed by atoms with Gasteiger partial charge >= 0.3 is 0 Å². The van der Waals surface area contributed by atoms with Gasteiger partial charge in [-0.15, -0.1) is 0 Å². The summed E-state index contributed by atoms with van der Waals surface area (Å²) in [5.41, 5.74) is 0. The van der Waals surface area contributed by atoms with E-state index in [1.165, 1.54) is 141 Å². The predicted molar refractivity (Wildman–Crippen MR) is 287 cm³/mol. The molecule has 0 aromatic carbocycles. The molecule has 0 aromatic heterocycles. The minimum atomic E-state index is -1.97. The summed E-state index contributed by atoms with van der Waals surface area (Å²) >= 11 is 0. The van der Waals surface area contributed by atoms with Crippen molar-refractivity contribution in [2.24, 2.45) is 0 Å². The zero-order chi connectivity index (χ0) is 55.5. The first-order valence-corrected chi connectivity index (χ1v) is 29.9. The summed E-state index contributed by atoms with van der Waals surface area (Å²) < 4.78 is 34.2. The van der Waals surface area contributed by atoms with Gasteiger partial charge in [-0.05, 0) is 19.3 Å². The van der Waals surface area contributed by atoms with E-state index < -0.39 is 124 Å². The number of hydrogen-bond donors (Lipinski definition) is 12. The fourth-order valence-electron chi connectivity index (χ4n) is 10.4. The maximum Gasteiger partial charge on any atom is 0.220 e. The van der Waals surface area contributed by atoms with Gasteiger partial charge in [-0.2, -0.15) is 0 Å². The maximum atomic E-state index is 13.3. The molecule has 17 atom stereocenters. The molecule has 19 heteroatoms. The van der Waals surface area contributed by atoms with E-state index in [0.29, 0.717) is 6.42 Å². The van der Waals surface area contributed by atoms with Crippen molar-refractivity contribution in [2.45, 2.75) is 317 Å². The van der Waals surface area contributed by atoms with E-state index >= 15 is 0 Å². The van der Waals surface area contributed by atoms with Crippen LogP contribution in [0.1, 0.15) is 213 Å². The van der Waals surface area contributed by atoms with Gasteiger partial charge < -0.3 is 89.9 Å². The zero-order valence-corrected chi connectivity index (χ0v) is 46.5. The van der Waals surface area contributed by atoms with Crippen LogP contribution in [0.25, 0.3) is 0 Å². The van der Waals surface area contributed by atoms with Crippen LogP contribution in [0.15, 0.2) is 12.2 Å². The van der Waals surface area contributed by atoms with Crippen molar-refractivity contribution in [3.8, 4) is 0 Å². The van der Waals surface area contributed by atoms with E-state index in [0.717, 1.165) is 44.9 Å². The Morgan fingerprint density at radius 1 is 0.461 bits per heavy atom. The Hall–Kier alpha value is -1.47. The molecule has 17 unspecified atom stereocenters. The molecule has 3 aliphatic rings. The van der Waals surface area contributed by atoms with Crippen molar-refractivity contribution in [2.75, 3.05) is 26.4 Å². The molecule has 3 heterocycles. The van der Waals surface area contributed by atoms with Gasteiger partial charge in [0, 0.05) is 6.42 Å². The van der Waals surface area contributed by atoms with Crippen molar-refractivity contribution in [1.29, 1.82) is 0 Å². The number of aliphatic hydroxyl groups excluding tert-OH is 11. The molecular formula is C57H107NO18. The quantitative estimate of drug-likeness (QED) is 0.0283. The summed E-state index contributed by atoms with van der Waals surface area (Å²) in [6.45, 7) is 1.71. The molecule has 0 bridgehead atoms. The number of hydrogen-bond acceptors (Lipinski definition) is 18. The van der Waals surface area contributed by atoms with Gasteiger partial charge in [0.1, 0.15) is 73.2 Å². The average molecular weight is 1090 g/mol. The monoisotopic (exact) mass is 1090 g/mol. The van der Waals surface area contributed by atoms with Crippen molar-refractivity contribution >= 4 is 5.91 Å². The molecule has 76 heavy (non-hydrogen) atoms. The number of ether oxygens (including phenoxy) is 6. The van der Waals surface area contributed by atoms with Gasteiger partial charge in [0.05, 0.1) is 38.6 Å². The predicted octanol–water partition coefficient (Wildman–Crippen LogP) is 4.99. The normalized spacial score (nSPS) is 31.0. The second kappa shape index (κ2) is 41.5. The Bertz CT molecular complexity index is 1450. The van der Waals surface area contributed by atoms with E-state index in [-0.39, 0.29) is 18.9 Å². The minimum Gasteiger partial charge on any atom is -0.394 e. The standard InChI is InChI=1S/C57H107NO18/c1-3-5-7-9-11-13-15-16-17-18-19-20-21-22-23-25-27-29-31-33-35-45(63)58-40(41(62)34-32-30-28-26-24-14-12-10-8-6-4-2)39-71-55-51(69)48(66)53(43(37-60)73-55)76-57-52(70)49(67)54(44(38-61)74-57)75-56-50(68)47(65)46(64)42(36-59)72-56/h32,34,40-44,46-57,59-62,64-70H,3-31,33,35-39H2,1-2H3,(H,58,63)/b34-32+. The van der Waals surface area contributed by atoms with Crippen molar-refractivity contribution in [3.05, 3.63) is 12.2 Å². The molecular weight excluding hydrogens is 987 g/mol. The van der Waals surface area contributed by atoms with Gasteiger partial charge in [0.15, 0.2) is 18.9 Å². The lowest BCUT2D eigenvalue weighted by Gasteiger charge is -2.48. The minimum absolute atomic E-state index is 0.249. The molecule has 448 valence electrons.